The van der Waals surface area contributed by atoms with Gasteiger partial charge in [0.1, 0.15) is 5.75 Å². The number of aryl methyl sites for hydroxylation is 1. The van der Waals surface area contributed by atoms with Gasteiger partial charge in [-0.2, -0.15) is 0 Å². The second-order valence-electron chi connectivity index (χ2n) is 3.79. The Labute approximate surface area is 124 Å². The van der Waals surface area contributed by atoms with Gasteiger partial charge in [-0.05, 0) is 59.3 Å². The molecule has 0 aliphatic heterocycles. The zero-order valence-corrected chi connectivity index (χ0v) is 13.0. The highest BCUT2D eigenvalue weighted by molar-refractivity contribution is 14.1. The van der Waals surface area contributed by atoms with Gasteiger partial charge in [-0.15, -0.1) is 11.3 Å². The van der Waals surface area contributed by atoms with E-state index in [1.807, 2.05) is 36.4 Å². The Bertz CT molecular complexity index is 548. The molecule has 0 radical (unpaired) electrons. The SMILES string of the molecule is CCc1ccc(C(=O)COc2cccc(I)c2)s1. The highest BCUT2D eigenvalue weighted by Crippen LogP contribution is 2.19. The van der Waals surface area contributed by atoms with E-state index in [-0.39, 0.29) is 12.4 Å². The van der Waals surface area contributed by atoms with Crippen molar-refractivity contribution < 1.29 is 9.53 Å². The number of rotatable bonds is 5. The van der Waals surface area contributed by atoms with Crippen LogP contribution in [0.5, 0.6) is 5.75 Å². The van der Waals surface area contributed by atoms with Crippen LogP contribution in [0.1, 0.15) is 21.5 Å². The molecule has 0 spiro atoms. The lowest BCUT2D eigenvalue weighted by Crippen LogP contribution is -2.10. The number of Topliss-reactive ketones (excluding diaryl/α,β-unsaturated/α-hetero) is 1. The molecule has 0 saturated carbocycles. The highest BCUT2D eigenvalue weighted by Gasteiger charge is 2.09. The average Bonchev–Trinajstić information content (AvgIpc) is 2.85. The Kier molecular flexibility index (Phi) is 4.77. The first kappa shape index (κ1) is 13.5. The van der Waals surface area contributed by atoms with Crippen molar-refractivity contribution in [2.45, 2.75) is 13.3 Å². The fourth-order valence-corrected chi connectivity index (χ4v) is 2.88. The Morgan fingerprint density at radius 1 is 1.33 bits per heavy atom. The molecule has 2 aromatic rings. The summed E-state index contributed by atoms with van der Waals surface area (Å²) >= 11 is 3.77. The van der Waals surface area contributed by atoms with Crippen molar-refractivity contribution >= 4 is 39.7 Å². The van der Waals surface area contributed by atoms with Crippen LogP contribution in [0.25, 0.3) is 0 Å². The molecule has 0 saturated heterocycles. The summed E-state index contributed by atoms with van der Waals surface area (Å²) in [6.07, 6.45) is 0.968. The first-order valence-corrected chi connectivity index (χ1v) is 7.59. The molecule has 2 nitrogen and oxygen atoms in total. The Balaban J connectivity index is 1.96. The summed E-state index contributed by atoms with van der Waals surface area (Å²) in [5.74, 6) is 0.779. The Morgan fingerprint density at radius 3 is 2.83 bits per heavy atom. The van der Waals surface area contributed by atoms with E-state index in [2.05, 4.69) is 29.5 Å². The molecule has 18 heavy (non-hydrogen) atoms. The molecule has 0 atom stereocenters. The third-order valence-corrected chi connectivity index (χ3v) is 4.39. The number of hydrogen-bond acceptors (Lipinski definition) is 3. The number of carbonyl (C=O) groups is 1. The molecule has 0 N–H and O–H groups in total. The van der Waals surface area contributed by atoms with Crippen LogP contribution in [-0.4, -0.2) is 12.4 Å². The molecule has 94 valence electrons. The minimum atomic E-state index is 0.0403. The van der Waals surface area contributed by atoms with Gasteiger partial charge in [0.15, 0.2) is 6.61 Å². The van der Waals surface area contributed by atoms with E-state index in [1.165, 1.54) is 4.88 Å². The van der Waals surface area contributed by atoms with Crippen LogP contribution < -0.4 is 4.74 Å². The lowest BCUT2D eigenvalue weighted by molar-refractivity contribution is 0.0925. The van der Waals surface area contributed by atoms with Crippen LogP contribution in [-0.2, 0) is 6.42 Å². The molecular weight excluding hydrogens is 359 g/mol. The molecule has 0 amide bonds. The van der Waals surface area contributed by atoms with Gasteiger partial charge in [-0.3, -0.25) is 4.79 Å². The molecule has 0 aliphatic carbocycles. The van der Waals surface area contributed by atoms with E-state index in [4.69, 9.17) is 4.74 Å². The van der Waals surface area contributed by atoms with Gasteiger partial charge in [-0.25, -0.2) is 0 Å². The number of ketones is 1. The van der Waals surface area contributed by atoms with Gasteiger partial charge in [0, 0.05) is 8.45 Å². The van der Waals surface area contributed by atoms with Gasteiger partial charge in [0.25, 0.3) is 0 Å². The molecule has 0 fully saturated rings. The van der Waals surface area contributed by atoms with Gasteiger partial charge in [-0.1, -0.05) is 13.0 Å². The number of hydrogen-bond donors (Lipinski definition) is 0. The predicted octanol–water partition coefficient (Wildman–Crippen LogP) is 4.18. The average molecular weight is 372 g/mol. The van der Waals surface area contributed by atoms with E-state index in [0.29, 0.717) is 0 Å². The maximum atomic E-state index is 11.9. The van der Waals surface area contributed by atoms with Crippen molar-refractivity contribution in [2.24, 2.45) is 0 Å². The first-order valence-electron chi connectivity index (χ1n) is 5.69. The molecular formula is C14H13IO2S. The number of halogens is 1. The molecule has 1 heterocycles. The van der Waals surface area contributed by atoms with Gasteiger partial charge in [0.05, 0.1) is 4.88 Å². The molecule has 0 unspecified atom stereocenters. The molecule has 1 aromatic heterocycles. The highest BCUT2D eigenvalue weighted by atomic mass is 127. The van der Waals surface area contributed by atoms with Crippen LogP contribution in [0.3, 0.4) is 0 Å². The number of carbonyl (C=O) groups excluding carboxylic acids is 1. The van der Waals surface area contributed by atoms with Crippen LogP contribution >= 0.6 is 33.9 Å². The van der Waals surface area contributed by atoms with Crippen LogP contribution in [0.15, 0.2) is 36.4 Å². The fourth-order valence-electron chi connectivity index (χ4n) is 1.49. The first-order chi connectivity index (χ1) is 8.69. The summed E-state index contributed by atoms with van der Waals surface area (Å²) in [6.45, 7) is 2.19. The van der Waals surface area contributed by atoms with Crippen LogP contribution in [0.2, 0.25) is 0 Å². The Morgan fingerprint density at radius 2 is 2.17 bits per heavy atom. The van der Waals surface area contributed by atoms with Crippen LogP contribution in [0.4, 0.5) is 0 Å². The Hall–Kier alpha value is -0.880. The van der Waals surface area contributed by atoms with Gasteiger partial charge < -0.3 is 4.74 Å². The van der Waals surface area contributed by atoms with Gasteiger partial charge >= 0.3 is 0 Å². The summed E-state index contributed by atoms with van der Waals surface area (Å²) in [4.78, 5) is 13.9. The molecule has 2 rings (SSSR count). The number of benzene rings is 1. The second-order valence-corrected chi connectivity index (χ2v) is 6.20. The maximum Gasteiger partial charge on any atom is 0.210 e. The monoisotopic (exact) mass is 372 g/mol. The largest absolute Gasteiger partial charge is 0.485 e. The summed E-state index contributed by atoms with van der Waals surface area (Å²) in [5.41, 5.74) is 0. The normalized spacial score (nSPS) is 10.3. The van der Waals surface area contributed by atoms with Crippen molar-refractivity contribution in [3.05, 3.63) is 49.7 Å². The van der Waals surface area contributed by atoms with Crippen LogP contribution in [0, 0.1) is 3.57 Å². The van der Waals surface area contributed by atoms with Crippen molar-refractivity contribution in [2.75, 3.05) is 6.61 Å². The summed E-state index contributed by atoms with van der Waals surface area (Å²) in [7, 11) is 0. The molecule has 1 aromatic carbocycles. The smallest absolute Gasteiger partial charge is 0.210 e. The standard InChI is InChI=1S/C14H13IO2S/c1-2-12-6-7-14(18-12)13(16)9-17-11-5-3-4-10(15)8-11/h3-8H,2,9H2,1H3. The maximum absolute atomic E-state index is 11.9. The van der Waals surface area contributed by atoms with Crippen molar-refractivity contribution in [3.63, 3.8) is 0 Å². The lowest BCUT2D eigenvalue weighted by atomic mass is 10.3. The van der Waals surface area contributed by atoms with E-state index >= 15 is 0 Å². The quantitative estimate of drug-likeness (QED) is 0.582. The third-order valence-electron chi connectivity index (χ3n) is 2.45. The zero-order chi connectivity index (χ0) is 13.0. The molecule has 0 bridgehead atoms. The topological polar surface area (TPSA) is 26.3 Å². The minimum absolute atomic E-state index is 0.0403. The lowest BCUT2D eigenvalue weighted by Gasteiger charge is -2.04. The minimum Gasteiger partial charge on any atom is -0.485 e. The second kappa shape index (κ2) is 6.33. The summed E-state index contributed by atoms with van der Waals surface area (Å²) in [6, 6.07) is 11.6. The third kappa shape index (κ3) is 3.55. The summed E-state index contributed by atoms with van der Waals surface area (Å²) in [5, 5.41) is 0. The predicted molar refractivity (Wildman–Crippen MR) is 82.7 cm³/mol. The van der Waals surface area contributed by atoms with Gasteiger partial charge in [0.2, 0.25) is 5.78 Å². The zero-order valence-electron chi connectivity index (χ0n) is 9.98. The van der Waals surface area contributed by atoms with E-state index < -0.39 is 0 Å². The summed E-state index contributed by atoms with van der Waals surface area (Å²) < 4.78 is 6.60. The van der Waals surface area contributed by atoms with Crippen molar-refractivity contribution in [1.82, 2.24) is 0 Å². The van der Waals surface area contributed by atoms with Crippen molar-refractivity contribution in [3.8, 4) is 5.75 Å². The van der Waals surface area contributed by atoms with E-state index in [1.54, 1.807) is 11.3 Å². The molecule has 4 heteroatoms. The van der Waals surface area contributed by atoms with E-state index in [9.17, 15) is 4.79 Å². The fraction of sp³-hybridized carbons (Fsp3) is 0.214. The van der Waals surface area contributed by atoms with E-state index in [0.717, 1.165) is 20.6 Å². The molecule has 0 aliphatic rings. The van der Waals surface area contributed by atoms with Crippen molar-refractivity contribution in [1.29, 1.82) is 0 Å². The number of ether oxygens (including phenoxy) is 1. The number of thiophene rings is 1.